The number of thiazole rings is 1. The van der Waals surface area contributed by atoms with Crippen molar-refractivity contribution in [2.75, 3.05) is 6.54 Å². The van der Waals surface area contributed by atoms with Gasteiger partial charge in [-0.25, -0.2) is 4.98 Å². The molecule has 1 aromatic heterocycles. The van der Waals surface area contributed by atoms with Crippen LogP contribution in [0, 0.1) is 12.3 Å². The van der Waals surface area contributed by atoms with Gasteiger partial charge in [0.25, 0.3) is 0 Å². The molecule has 0 aliphatic carbocycles. The molecule has 1 rings (SSSR count). The third kappa shape index (κ3) is 2.83. The number of terminal acetylenes is 1. The Morgan fingerprint density at radius 3 is 3.08 bits per heavy atom. The van der Waals surface area contributed by atoms with Crippen molar-refractivity contribution in [3.8, 4) is 12.3 Å². The molecule has 0 aromatic carbocycles. The second-order valence-electron chi connectivity index (χ2n) is 2.83. The van der Waals surface area contributed by atoms with Crippen LogP contribution in [0.2, 0.25) is 0 Å². The molecular weight excluding hydrogens is 180 g/mol. The first kappa shape index (κ1) is 10.2. The summed E-state index contributed by atoms with van der Waals surface area (Å²) in [5, 5.41) is 4.32. The molecule has 1 N–H and O–H groups in total. The quantitative estimate of drug-likeness (QED) is 0.741. The number of hydrogen-bond acceptors (Lipinski definition) is 3. The first-order chi connectivity index (χ1) is 6.27. The van der Waals surface area contributed by atoms with Gasteiger partial charge in [-0.05, 0) is 13.3 Å². The molecule has 0 amide bonds. The van der Waals surface area contributed by atoms with E-state index < -0.39 is 0 Å². The average Bonchev–Trinajstić information content (AvgIpc) is 2.62. The summed E-state index contributed by atoms with van der Waals surface area (Å²) in [6, 6.07) is 0.265. The van der Waals surface area contributed by atoms with E-state index in [-0.39, 0.29) is 6.04 Å². The molecule has 1 aromatic rings. The summed E-state index contributed by atoms with van der Waals surface area (Å²) in [7, 11) is 0. The van der Waals surface area contributed by atoms with Crippen molar-refractivity contribution in [2.45, 2.75) is 26.3 Å². The fraction of sp³-hybridized carbons (Fsp3) is 0.500. The van der Waals surface area contributed by atoms with Crippen LogP contribution in [0.4, 0.5) is 0 Å². The molecule has 1 atom stereocenters. The molecule has 70 valence electrons. The molecule has 0 aliphatic heterocycles. The number of aryl methyl sites for hydroxylation is 1. The highest BCUT2D eigenvalue weighted by Crippen LogP contribution is 2.19. The zero-order valence-corrected chi connectivity index (χ0v) is 8.82. The van der Waals surface area contributed by atoms with E-state index in [4.69, 9.17) is 6.42 Å². The van der Waals surface area contributed by atoms with Crippen molar-refractivity contribution in [3.63, 3.8) is 0 Å². The molecule has 0 bridgehead atoms. The van der Waals surface area contributed by atoms with Crippen molar-refractivity contribution < 1.29 is 0 Å². The van der Waals surface area contributed by atoms with Crippen LogP contribution in [0.3, 0.4) is 0 Å². The molecule has 0 radical (unpaired) electrons. The minimum atomic E-state index is 0.265. The van der Waals surface area contributed by atoms with Crippen LogP contribution in [0.15, 0.2) is 6.20 Å². The van der Waals surface area contributed by atoms with Gasteiger partial charge < -0.3 is 0 Å². The standard InChI is InChI=1S/C10H14N2S/c1-4-6-11-8(3)10-12-7-9(5-2)13-10/h1,7-8,11H,5-6H2,2-3H3. The average molecular weight is 194 g/mol. The Balaban J connectivity index is 2.56. The normalized spacial score (nSPS) is 12.4. The number of nitrogens with zero attached hydrogens (tertiary/aromatic N) is 1. The van der Waals surface area contributed by atoms with Gasteiger partial charge in [-0.2, -0.15) is 0 Å². The second-order valence-corrected chi connectivity index (χ2v) is 3.97. The van der Waals surface area contributed by atoms with Crippen molar-refractivity contribution in [3.05, 3.63) is 16.1 Å². The predicted octanol–water partition coefficient (Wildman–Crippen LogP) is 1.99. The Labute approximate surface area is 83.4 Å². The van der Waals surface area contributed by atoms with Gasteiger partial charge in [0.05, 0.1) is 12.6 Å². The van der Waals surface area contributed by atoms with Gasteiger partial charge in [-0.3, -0.25) is 5.32 Å². The van der Waals surface area contributed by atoms with Crippen molar-refractivity contribution >= 4 is 11.3 Å². The van der Waals surface area contributed by atoms with E-state index in [1.165, 1.54) is 4.88 Å². The predicted molar refractivity (Wildman–Crippen MR) is 56.7 cm³/mol. The van der Waals surface area contributed by atoms with Crippen molar-refractivity contribution in [1.29, 1.82) is 0 Å². The summed E-state index contributed by atoms with van der Waals surface area (Å²) in [6.07, 6.45) is 8.15. The first-order valence-corrected chi connectivity index (χ1v) is 5.21. The van der Waals surface area contributed by atoms with E-state index in [1.807, 2.05) is 6.20 Å². The van der Waals surface area contributed by atoms with Crippen molar-refractivity contribution in [1.82, 2.24) is 10.3 Å². The lowest BCUT2D eigenvalue weighted by Gasteiger charge is -2.06. The van der Waals surface area contributed by atoms with Crippen LogP contribution < -0.4 is 5.32 Å². The minimum absolute atomic E-state index is 0.265. The lowest BCUT2D eigenvalue weighted by molar-refractivity contribution is 0.619. The molecule has 1 heterocycles. The summed E-state index contributed by atoms with van der Waals surface area (Å²) in [5.41, 5.74) is 0. The Morgan fingerprint density at radius 1 is 1.77 bits per heavy atom. The van der Waals surface area contributed by atoms with Gasteiger partial charge in [0, 0.05) is 11.1 Å². The molecular formula is C10H14N2S. The largest absolute Gasteiger partial charge is 0.297 e. The Hall–Kier alpha value is -0.850. The summed E-state index contributed by atoms with van der Waals surface area (Å²) in [6.45, 7) is 4.81. The SMILES string of the molecule is C#CCNC(C)c1ncc(CC)s1. The molecule has 0 saturated carbocycles. The maximum atomic E-state index is 5.16. The number of aromatic nitrogens is 1. The molecule has 0 spiro atoms. The highest BCUT2D eigenvalue weighted by molar-refractivity contribution is 7.11. The monoisotopic (exact) mass is 194 g/mol. The molecule has 1 unspecified atom stereocenters. The number of nitrogens with one attached hydrogen (secondary N) is 1. The highest BCUT2D eigenvalue weighted by Gasteiger charge is 2.07. The van der Waals surface area contributed by atoms with E-state index in [9.17, 15) is 0 Å². The summed E-state index contributed by atoms with van der Waals surface area (Å²) < 4.78 is 0. The zero-order chi connectivity index (χ0) is 9.68. The lowest BCUT2D eigenvalue weighted by Crippen LogP contribution is -2.18. The van der Waals surface area contributed by atoms with E-state index >= 15 is 0 Å². The molecule has 3 heteroatoms. The Kier molecular flexibility index (Phi) is 3.94. The molecule has 0 fully saturated rings. The van der Waals surface area contributed by atoms with Crippen molar-refractivity contribution in [2.24, 2.45) is 0 Å². The lowest BCUT2D eigenvalue weighted by atomic mass is 10.3. The van der Waals surface area contributed by atoms with Crippen LogP contribution in [0.5, 0.6) is 0 Å². The molecule has 0 aliphatic rings. The Bertz CT molecular complexity index is 298. The van der Waals surface area contributed by atoms with Crippen LogP contribution in [0.1, 0.15) is 29.8 Å². The Morgan fingerprint density at radius 2 is 2.54 bits per heavy atom. The third-order valence-corrected chi connectivity index (χ3v) is 3.13. The molecule has 13 heavy (non-hydrogen) atoms. The van der Waals surface area contributed by atoms with E-state index in [0.29, 0.717) is 6.54 Å². The topological polar surface area (TPSA) is 24.9 Å². The fourth-order valence-corrected chi connectivity index (χ4v) is 1.87. The molecule has 0 saturated heterocycles. The summed E-state index contributed by atoms with van der Waals surface area (Å²) in [4.78, 5) is 5.65. The van der Waals surface area contributed by atoms with Crippen LogP contribution in [-0.2, 0) is 6.42 Å². The maximum absolute atomic E-state index is 5.16. The minimum Gasteiger partial charge on any atom is -0.297 e. The summed E-state index contributed by atoms with van der Waals surface area (Å²) in [5.74, 6) is 2.55. The van der Waals surface area contributed by atoms with Gasteiger partial charge in [-0.15, -0.1) is 17.8 Å². The van der Waals surface area contributed by atoms with E-state index in [0.717, 1.165) is 11.4 Å². The highest BCUT2D eigenvalue weighted by atomic mass is 32.1. The smallest absolute Gasteiger partial charge is 0.109 e. The zero-order valence-electron chi connectivity index (χ0n) is 8.00. The third-order valence-electron chi connectivity index (χ3n) is 1.80. The maximum Gasteiger partial charge on any atom is 0.109 e. The van der Waals surface area contributed by atoms with Gasteiger partial charge >= 0.3 is 0 Å². The van der Waals surface area contributed by atoms with E-state index in [2.05, 4.69) is 30.1 Å². The fourth-order valence-electron chi connectivity index (χ4n) is 0.986. The van der Waals surface area contributed by atoms with Gasteiger partial charge in [0.2, 0.25) is 0 Å². The van der Waals surface area contributed by atoms with E-state index in [1.54, 1.807) is 11.3 Å². The number of rotatable bonds is 4. The number of hydrogen-bond donors (Lipinski definition) is 1. The second kappa shape index (κ2) is 5.00. The van der Waals surface area contributed by atoms with Gasteiger partial charge in [0.1, 0.15) is 5.01 Å². The first-order valence-electron chi connectivity index (χ1n) is 4.39. The van der Waals surface area contributed by atoms with Crippen LogP contribution in [0.25, 0.3) is 0 Å². The summed E-state index contributed by atoms with van der Waals surface area (Å²) >= 11 is 1.75. The van der Waals surface area contributed by atoms with Gasteiger partial charge in [-0.1, -0.05) is 12.8 Å². The molecule has 2 nitrogen and oxygen atoms in total. The van der Waals surface area contributed by atoms with Crippen LogP contribution in [-0.4, -0.2) is 11.5 Å². The van der Waals surface area contributed by atoms with Crippen LogP contribution >= 0.6 is 11.3 Å². The van der Waals surface area contributed by atoms with Gasteiger partial charge in [0.15, 0.2) is 0 Å².